The van der Waals surface area contributed by atoms with Crippen LogP contribution in [0.1, 0.15) is 44.6 Å². The lowest BCUT2D eigenvalue weighted by atomic mass is 9.74. The van der Waals surface area contributed by atoms with Gasteiger partial charge in [0.2, 0.25) is 0 Å². The number of fused-ring (bicyclic) bond motifs is 2. The van der Waals surface area contributed by atoms with Crippen LogP contribution < -0.4 is 5.32 Å². The number of nitrogens with one attached hydrogen (secondary N) is 1. The molecule has 1 aliphatic carbocycles. The molecule has 1 heteroatoms. The number of hydrogen-bond donors (Lipinski definition) is 1. The lowest BCUT2D eigenvalue weighted by Gasteiger charge is -2.41. The first-order valence-electron chi connectivity index (χ1n) is 6.36. The zero-order valence-electron chi connectivity index (χ0n) is 9.92. The first kappa shape index (κ1) is 7.98. The largest absolute Gasteiger partial charge is 0.381 e. The molecular weight excluding hydrogens is 182 g/mol. The molecule has 1 aromatic carbocycles. The summed E-state index contributed by atoms with van der Waals surface area (Å²) >= 11 is 0. The van der Waals surface area contributed by atoms with Crippen molar-refractivity contribution in [1.82, 2.24) is 5.32 Å². The van der Waals surface area contributed by atoms with E-state index in [2.05, 4.69) is 23.5 Å². The van der Waals surface area contributed by atoms with E-state index in [1.165, 1.54) is 37.7 Å². The molecule has 0 unspecified atom stereocenters. The molecule has 15 heavy (non-hydrogen) atoms. The lowest BCUT2D eigenvalue weighted by molar-refractivity contribution is 0.258. The molecule has 0 bridgehead atoms. The summed E-state index contributed by atoms with van der Waals surface area (Å²) in [6, 6.07) is 9.01. The Morgan fingerprint density at radius 2 is 1.93 bits per heavy atom. The van der Waals surface area contributed by atoms with Gasteiger partial charge in [-0.15, -0.1) is 0 Å². The number of benzene rings is 1. The maximum atomic E-state index is 7.95. The normalized spacial score (nSPS) is 23.7. The van der Waals surface area contributed by atoms with Crippen molar-refractivity contribution in [2.45, 2.75) is 37.6 Å². The summed E-state index contributed by atoms with van der Waals surface area (Å²) < 4.78 is 7.95. The average molecular weight is 200 g/mol. The fourth-order valence-corrected chi connectivity index (χ4v) is 2.93. The van der Waals surface area contributed by atoms with Gasteiger partial charge in [0, 0.05) is 0 Å². The van der Waals surface area contributed by atoms with Crippen LogP contribution in [0.3, 0.4) is 0 Å². The molecule has 1 aromatic rings. The second-order valence-corrected chi connectivity index (χ2v) is 4.62. The van der Waals surface area contributed by atoms with E-state index in [-0.39, 0.29) is 5.54 Å². The molecule has 1 spiro atoms. The smallest absolute Gasteiger partial charge is 0.0644 e. The van der Waals surface area contributed by atoms with Crippen LogP contribution in [0.5, 0.6) is 0 Å². The molecular formula is C14H17N. The lowest BCUT2D eigenvalue weighted by Crippen LogP contribution is -2.43. The second-order valence-electron chi connectivity index (χ2n) is 4.62. The van der Waals surface area contributed by atoms with E-state index in [1.807, 2.05) is 12.3 Å². The van der Waals surface area contributed by atoms with Crippen molar-refractivity contribution >= 4 is 6.05 Å². The molecule has 1 saturated carbocycles. The summed E-state index contributed by atoms with van der Waals surface area (Å²) in [5, 5.41) is 3.49. The van der Waals surface area contributed by atoms with Crippen molar-refractivity contribution in [3.63, 3.8) is 0 Å². The zero-order chi connectivity index (χ0) is 11.0. The van der Waals surface area contributed by atoms with Gasteiger partial charge in [0.25, 0.3) is 0 Å². The van der Waals surface area contributed by atoms with E-state index in [4.69, 9.17) is 1.37 Å². The molecule has 0 atom stereocenters. The fourth-order valence-electron chi connectivity index (χ4n) is 2.93. The molecule has 1 aliphatic heterocycles. The van der Waals surface area contributed by atoms with Gasteiger partial charge in [0.15, 0.2) is 0 Å². The maximum absolute atomic E-state index is 7.95. The zero-order valence-corrected chi connectivity index (χ0v) is 8.92. The quantitative estimate of drug-likeness (QED) is 0.676. The third kappa shape index (κ3) is 1.38. The molecule has 1 nitrogen and oxygen atoms in total. The highest BCUT2D eigenvalue weighted by molar-refractivity contribution is 5.58. The summed E-state index contributed by atoms with van der Waals surface area (Å²) in [5.74, 6) is 0. The molecule has 2 aliphatic rings. The topological polar surface area (TPSA) is 12.0 Å². The summed E-state index contributed by atoms with van der Waals surface area (Å²) in [5.41, 5.74) is 2.57. The molecule has 78 valence electrons. The van der Waals surface area contributed by atoms with Crippen LogP contribution in [-0.2, 0) is 5.54 Å². The third-order valence-electron chi connectivity index (χ3n) is 3.73. The molecule has 0 saturated heterocycles. The first-order valence-corrected chi connectivity index (χ1v) is 5.86. The first-order chi connectivity index (χ1) is 7.82. The van der Waals surface area contributed by atoms with E-state index in [1.54, 1.807) is 0 Å². The molecule has 0 amide bonds. The van der Waals surface area contributed by atoms with E-state index in [0.29, 0.717) is 6.05 Å². The molecule has 0 radical (unpaired) electrons. The second kappa shape index (κ2) is 3.41. The summed E-state index contributed by atoms with van der Waals surface area (Å²) in [4.78, 5) is 0. The van der Waals surface area contributed by atoms with Gasteiger partial charge in [0.05, 0.1) is 6.91 Å². The molecule has 3 rings (SSSR count). The van der Waals surface area contributed by atoms with Gasteiger partial charge in [0.1, 0.15) is 0 Å². The average Bonchev–Trinajstić information content (AvgIpc) is 2.36. The van der Waals surface area contributed by atoms with Gasteiger partial charge in [-0.25, -0.2) is 0 Å². The van der Waals surface area contributed by atoms with E-state index >= 15 is 0 Å². The van der Waals surface area contributed by atoms with Gasteiger partial charge in [-0.2, -0.15) is 0 Å². The van der Waals surface area contributed by atoms with Gasteiger partial charge >= 0.3 is 0 Å². The Kier molecular flexibility index (Phi) is 1.81. The molecule has 1 heterocycles. The molecule has 1 N–H and O–H groups in total. The fraction of sp³-hybridized carbons (Fsp3) is 0.429. The summed E-state index contributed by atoms with van der Waals surface area (Å²) in [6.45, 7) is 0. The van der Waals surface area contributed by atoms with Crippen LogP contribution in [0.25, 0.3) is 6.05 Å². The highest BCUT2D eigenvalue weighted by Crippen LogP contribution is 2.40. The van der Waals surface area contributed by atoms with Crippen LogP contribution in [0.2, 0.25) is 0 Å². The van der Waals surface area contributed by atoms with Crippen molar-refractivity contribution < 1.29 is 1.37 Å². The van der Waals surface area contributed by atoms with Crippen LogP contribution in [0.4, 0.5) is 0 Å². The Morgan fingerprint density at radius 3 is 2.80 bits per heavy atom. The maximum Gasteiger partial charge on any atom is 0.0644 e. The SMILES string of the molecule is [2H]C1=CNC2(CCCCC2)c2ccccc21. The van der Waals surface area contributed by atoms with Gasteiger partial charge in [-0.05, 0) is 36.2 Å². The van der Waals surface area contributed by atoms with Crippen LogP contribution in [-0.4, -0.2) is 0 Å². The minimum atomic E-state index is 0.124. The van der Waals surface area contributed by atoms with Crippen molar-refractivity contribution in [3.8, 4) is 0 Å². The van der Waals surface area contributed by atoms with Crippen LogP contribution in [0, 0.1) is 0 Å². The van der Waals surface area contributed by atoms with Gasteiger partial charge in [-0.3, -0.25) is 0 Å². The van der Waals surface area contributed by atoms with Crippen molar-refractivity contribution in [2.75, 3.05) is 0 Å². The van der Waals surface area contributed by atoms with Crippen LogP contribution in [0.15, 0.2) is 30.5 Å². The Hall–Kier alpha value is -1.24. The summed E-state index contributed by atoms with van der Waals surface area (Å²) in [6.07, 6.45) is 8.23. The minimum absolute atomic E-state index is 0.124. The highest BCUT2D eigenvalue weighted by Gasteiger charge is 2.35. The monoisotopic (exact) mass is 200 g/mol. The highest BCUT2D eigenvalue weighted by atomic mass is 15.0. The van der Waals surface area contributed by atoms with E-state index in [9.17, 15) is 0 Å². The van der Waals surface area contributed by atoms with Gasteiger partial charge in [-0.1, -0.05) is 43.5 Å². The van der Waals surface area contributed by atoms with E-state index < -0.39 is 0 Å². The van der Waals surface area contributed by atoms with Crippen molar-refractivity contribution in [3.05, 3.63) is 41.6 Å². The Bertz CT molecular complexity index is 430. The predicted octanol–water partition coefficient (Wildman–Crippen LogP) is 3.42. The van der Waals surface area contributed by atoms with Crippen molar-refractivity contribution in [1.29, 1.82) is 0 Å². The standard InChI is InChI=1S/C14H17N/c1-4-9-14(10-5-1)13-7-3-2-6-12(13)8-11-15-14/h2-3,6-8,11,15H,1,4-5,9-10H2/i8D. The van der Waals surface area contributed by atoms with E-state index in [0.717, 1.165) is 5.56 Å². The minimum Gasteiger partial charge on any atom is -0.381 e. The Morgan fingerprint density at radius 1 is 1.13 bits per heavy atom. The molecule has 1 fully saturated rings. The van der Waals surface area contributed by atoms with Gasteiger partial charge < -0.3 is 5.32 Å². The Labute approximate surface area is 92.6 Å². The Balaban J connectivity index is 2.11. The third-order valence-corrected chi connectivity index (χ3v) is 3.73. The van der Waals surface area contributed by atoms with Crippen molar-refractivity contribution in [2.24, 2.45) is 0 Å². The predicted molar refractivity (Wildman–Crippen MR) is 63.4 cm³/mol. The van der Waals surface area contributed by atoms with Crippen LogP contribution >= 0.6 is 0 Å². The summed E-state index contributed by atoms with van der Waals surface area (Å²) in [7, 11) is 0. The number of hydrogen-bond acceptors (Lipinski definition) is 1. The number of rotatable bonds is 0. The molecule has 0 aromatic heterocycles.